The molecule has 0 radical (unpaired) electrons. The summed E-state index contributed by atoms with van der Waals surface area (Å²) in [5.74, 6) is -1.02. The van der Waals surface area contributed by atoms with Gasteiger partial charge >= 0.3 is 5.97 Å². The Kier molecular flexibility index (Phi) is 3.65. The maximum Gasteiger partial charge on any atom is 0.337 e. The molecule has 2 rings (SSSR count). The first-order valence-corrected chi connectivity index (χ1v) is 6.25. The van der Waals surface area contributed by atoms with Gasteiger partial charge in [0.15, 0.2) is 0 Å². The van der Waals surface area contributed by atoms with Gasteiger partial charge in [-0.1, -0.05) is 0 Å². The number of hydrogen-bond donors (Lipinski definition) is 3. The highest BCUT2D eigenvalue weighted by molar-refractivity contribution is 5.95. The molecule has 0 bridgehead atoms. The van der Waals surface area contributed by atoms with Crippen LogP contribution in [-0.4, -0.2) is 20.9 Å². The summed E-state index contributed by atoms with van der Waals surface area (Å²) in [6.45, 7) is 4.37. The molecule has 0 fully saturated rings. The molecule has 1 aromatic heterocycles. The van der Waals surface area contributed by atoms with Crippen LogP contribution in [0.25, 0.3) is 0 Å². The largest absolute Gasteiger partial charge is 0.478 e. The minimum Gasteiger partial charge on any atom is -0.478 e. The van der Waals surface area contributed by atoms with Gasteiger partial charge in [-0.25, -0.2) is 4.79 Å². The van der Waals surface area contributed by atoms with Crippen LogP contribution in [0.3, 0.4) is 0 Å². The van der Waals surface area contributed by atoms with Gasteiger partial charge in [-0.15, -0.1) is 0 Å². The second-order valence-corrected chi connectivity index (χ2v) is 4.79. The van der Waals surface area contributed by atoms with Crippen molar-refractivity contribution in [2.24, 2.45) is 7.05 Å². The van der Waals surface area contributed by atoms with Crippen LogP contribution < -0.4 is 11.1 Å². The molecule has 1 aromatic carbocycles. The van der Waals surface area contributed by atoms with Crippen molar-refractivity contribution in [3.8, 4) is 0 Å². The number of aryl methyl sites for hydroxylation is 2. The molecule has 1 heterocycles. The molecule has 2 aromatic rings. The molecule has 106 valence electrons. The van der Waals surface area contributed by atoms with Crippen LogP contribution in [0.1, 0.15) is 27.2 Å². The molecule has 4 N–H and O–H groups in total. The number of carbonyl (C=O) groups is 1. The van der Waals surface area contributed by atoms with Gasteiger partial charge in [0, 0.05) is 36.2 Å². The standard InChI is InChI=1S/C14H18N4O2/c1-8-4-11(5-12(13(8)15)14(19)20)16-6-10-7-17-18(3)9(10)2/h4-5,7,16H,6,15H2,1-3H3,(H,19,20). The average Bonchev–Trinajstić information content (AvgIpc) is 2.71. The van der Waals surface area contributed by atoms with Crippen LogP contribution in [0.2, 0.25) is 0 Å². The summed E-state index contributed by atoms with van der Waals surface area (Å²) < 4.78 is 1.80. The fraction of sp³-hybridized carbons (Fsp3) is 0.286. The van der Waals surface area contributed by atoms with E-state index in [1.807, 2.05) is 20.0 Å². The summed E-state index contributed by atoms with van der Waals surface area (Å²) >= 11 is 0. The molecule has 0 aliphatic rings. The Morgan fingerprint density at radius 2 is 2.15 bits per heavy atom. The lowest BCUT2D eigenvalue weighted by atomic mass is 10.1. The molecule has 0 atom stereocenters. The summed E-state index contributed by atoms with van der Waals surface area (Å²) in [6, 6.07) is 3.39. The topological polar surface area (TPSA) is 93.2 Å². The summed E-state index contributed by atoms with van der Waals surface area (Å²) in [6.07, 6.45) is 1.80. The average molecular weight is 274 g/mol. The number of benzene rings is 1. The van der Waals surface area contributed by atoms with Gasteiger partial charge in [0.05, 0.1) is 11.8 Å². The molecule has 20 heavy (non-hydrogen) atoms. The van der Waals surface area contributed by atoms with E-state index in [2.05, 4.69) is 10.4 Å². The number of nitrogens with one attached hydrogen (secondary N) is 1. The molecule has 0 spiro atoms. The summed E-state index contributed by atoms with van der Waals surface area (Å²) in [5.41, 5.74) is 9.81. The highest BCUT2D eigenvalue weighted by Gasteiger charge is 2.12. The lowest BCUT2D eigenvalue weighted by Gasteiger charge is -2.11. The van der Waals surface area contributed by atoms with Gasteiger partial charge in [0.2, 0.25) is 0 Å². The summed E-state index contributed by atoms with van der Waals surface area (Å²) in [4.78, 5) is 11.1. The second-order valence-electron chi connectivity index (χ2n) is 4.79. The fourth-order valence-corrected chi connectivity index (χ4v) is 1.99. The Morgan fingerprint density at radius 3 is 2.70 bits per heavy atom. The first-order chi connectivity index (χ1) is 9.40. The molecule has 0 aliphatic carbocycles. The minimum absolute atomic E-state index is 0.121. The highest BCUT2D eigenvalue weighted by atomic mass is 16.4. The maximum atomic E-state index is 11.1. The predicted molar refractivity (Wildman–Crippen MR) is 77.8 cm³/mol. The number of rotatable bonds is 4. The van der Waals surface area contributed by atoms with Crippen LogP contribution in [0.5, 0.6) is 0 Å². The zero-order chi connectivity index (χ0) is 14.9. The van der Waals surface area contributed by atoms with Crippen molar-refractivity contribution in [3.63, 3.8) is 0 Å². The van der Waals surface area contributed by atoms with Crippen molar-refractivity contribution in [1.29, 1.82) is 0 Å². The number of aromatic nitrogens is 2. The zero-order valence-corrected chi connectivity index (χ0v) is 11.8. The van der Waals surface area contributed by atoms with Crippen molar-refractivity contribution in [3.05, 3.63) is 40.7 Å². The van der Waals surface area contributed by atoms with Crippen molar-refractivity contribution in [2.75, 3.05) is 11.1 Å². The summed E-state index contributed by atoms with van der Waals surface area (Å²) in [5, 5.41) is 16.5. The van der Waals surface area contributed by atoms with Crippen molar-refractivity contribution in [1.82, 2.24) is 9.78 Å². The number of hydrogen-bond acceptors (Lipinski definition) is 4. The van der Waals surface area contributed by atoms with Gasteiger partial charge in [0.25, 0.3) is 0 Å². The molecule has 0 saturated heterocycles. The van der Waals surface area contributed by atoms with E-state index in [9.17, 15) is 4.79 Å². The Bertz CT molecular complexity index is 661. The Balaban J connectivity index is 2.22. The number of nitrogens with zero attached hydrogens (tertiary/aromatic N) is 2. The summed E-state index contributed by atoms with van der Waals surface area (Å²) in [7, 11) is 1.88. The van der Waals surface area contributed by atoms with Gasteiger partial charge in [0.1, 0.15) is 0 Å². The third kappa shape index (κ3) is 2.59. The molecule has 0 aliphatic heterocycles. The van der Waals surface area contributed by atoms with E-state index in [1.54, 1.807) is 23.9 Å². The Morgan fingerprint density at radius 1 is 1.45 bits per heavy atom. The number of carboxylic acid groups (broad SMARTS) is 1. The molecule has 0 saturated carbocycles. The molecule has 6 heteroatoms. The minimum atomic E-state index is -1.02. The zero-order valence-electron chi connectivity index (χ0n) is 11.8. The Hall–Kier alpha value is -2.50. The molecule has 0 unspecified atom stereocenters. The monoisotopic (exact) mass is 274 g/mol. The van der Waals surface area contributed by atoms with Gasteiger partial charge < -0.3 is 16.2 Å². The molecular weight excluding hydrogens is 256 g/mol. The van der Waals surface area contributed by atoms with Gasteiger partial charge in [-0.05, 0) is 31.5 Å². The van der Waals surface area contributed by atoms with Crippen LogP contribution >= 0.6 is 0 Å². The molecule has 6 nitrogen and oxygen atoms in total. The SMILES string of the molecule is Cc1cc(NCc2cnn(C)c2C)cc(C(=O)O)c1N. The second kappa shape index (κ2) is 5.24. The number of nitrogens with two attached hydrogens (primary N) is 1. The van der Waals surface area contributed by atoms with Crippen molar-refractivity contribution < 1.29 is 9.90 Å². The van der Waals surface area contributed by atoms with Crippen LogP contribution in [-0.2, 0) is 13.6 Å². The first kappa shape index (κ1) is 13.9. The van der Waals surface area contributed by atoms with Crippen LogP contribution in [0.4, 0.5) is 11.4 Å². The first-order valence-electron chi connectivity index (χ1n) is 6.25. The normalized spacial score (nSPS) is 10.6. The predicted octanol–water partition coefficient (Wildman–Crippen LogP) is 1.93. The number of carboxylic acids is 1. The van der Waals surface area contributed by atoms with E-state index in [0.717, 1.165) is 22.5 Å². The van der Waals surface area contributed by atoms with Crippen LogP contribution in [0.15, 0.2) is 18.3 Å². The van der Waals surface area contributed by atoms with Crippen LogP contribution in [0, 0.1) is 13.8 Å². The number of anilines is 2. The van der Waals surface area contributed by atoms with Gasteiger partial charge in [-0.3, -0.25) is 4.68 Å². The van der Waals surface area contributed by atoms with Gasteiger partial charge in [-0.2, -0.15) is 5.10 Å². The van der Waals surface area contributed by atoms with Crippen molar-refractivity contribution in [2.45, 2.75) is 20.4 Å². The van der Waals surface area contributed by atoms with E-state index in [1.165, 1.54) is 0 Å². The quantitative estimate of drug-likeness (QED) is 0.741. The third-order valence-corrected chi connectivity index (χ3v) is 3.44. The van der Waals surface area contributed by atoms with E-state index in [4.69, 9.17) is 10.8 Å². The van der Waals surface area contributed by atoms with E-state index in [0.29, 0.717) is 12.2 Å². The lowest BCUT2D eigenvalue weighted by Crippen LogP contribution is -2.07. The van der Waals surface area contributed by atoms with E-state index >= 15 is 0 Å². The lowest BCUT2D eigenvalue weighted by molar-refractivity contribution is 0.0698. The number of aromatic carboxylic acids is 1. The maximum absolute atomic E-state index is 11.1. The smallest absolute Gasteiger partial charge is 0.337 e. The molecule has 0 amide bonds. The Labute approximate surface area is 117 Å². The van der Waals surface area contributed by atoms with E-state index in [-0.39, 0.29) is 5.56 Å². The fourth-order valence-electron chi connectivity index (χ4n) is 1.99. The molecular formula is C14H18N4O2. The highest BCUT2D eigenvalue weighted by Crippen LogP contribution is 2.23. The van der Waals surface area contributed by atoms with Crippen molar-refractivity contribution >= 4 is 17.3 Å². The third-order valence-electron chi connectivity index (χ3n) is 3.44. The van der Waals surface area contributed by atoms with E-state index < -0.39 is 5.97 Å². The number of nitrogen functional groups attached to an aromatic ring is 1.